The number of likely N-dealkylation sites (N-methyl/N-ethyl adjacent to an activating group) is 1. The first kappa shape index (κ1) is 12.1. The van der Waals surface area contributed by atoms with Gasteiger partial charge in [0, 0.05) is 12.1 Å². The molecule has 0 saturated carbocycles. The molecule has 3 nitrogen and oxygen atoms in total. The second-order valence-electron chi connectivity index (χ2n) is 4.65. The number of carbonyl (C=O) groups is 1. The molecule has 1 heterocycles. The van der Waals surface area contributed by atoms with Gasteiger partial charge in [0.2, 0.25) is 5.91 Å². The number of hydrogen-bond acceptors (Lipinski definition) is 2. The van der Waals surface area contributed by atoms with Crippen LogP contribution in [0.15, 0.2) is 42.5 Å². The molecule has 0 fully saturated rings. The predicted octanol–water partition coefficient (Wildman–Crippen LogP) is 3.40. The van der Waals surface area contributed by atoms with Crippen LogP contribution >= 0.6 is 11.6 Å². The maximum Gasteiger partial charge on any atom is 0.243 e. The molecule has 0 atom stereocenters. The molecule has 96 valence electrons. The summed E-state index contributed by atoms with van der Waals surface area (Å²) in [4.78, 5) is 13.4. The molecule has 1 aliphatic rings. The Hall–Kier alpha value is -2.00. The first-order valence-electron chi connectivity index (χ1n) is 6.04. The molecule has 2 aromatic carbocycles. The van der Waals surface area contributed by atoms with Gasteiger partial charge in [-0.3, -0.25) is 4.79 Å². The van der Waals surface area contributed by atoms with Crippen LogP contribution in [-0.4, -0.2) is 19.5 Å². The van der Waals surface area contributed by atoms with E-state index in [1.807, 2.05) is 48.3 Å². The summed E-state index contributed by atoms with van der Waals surface area (Å²) in [5, 5.41) is 3.59. The number of carbonyl (C=O) groups excluding carboxylic acids is 1. The fourth-order valence-corrected chi connectivity index (χ4v) is 2.48. The van der Waals surface area contributed by atoms with Gasteiger partial charge in [0.15, 0.2) is 0 Å². The first-order chi connectivity index (χ1) is 9.13. The van der Waals surface area contributed by atoms with E-state index >= 15 is 0 Å². The Labute approximate surface area is 116 Å². The van der Waals surface area contributed by atoms with Crippen molar-refractivity contribution in [2.75, 3.05) is 23.8 Å². The van der Waals surface area contributed by atoms with Gasteiger partial charge in [-0.2, -0.15) is 0 Å². The molecule has 0 saturated heterocycles. The van der Waals surface area contributed by atoms with Crippen molar-refractivity contribution in [3.05, 3.63) is 47.5 Å². The molecule has 0 unspecified atom stereocenters. The Kier molecular flexibility index (Phi) is 2.91. The van der Waals surface area contributed by atoms with Crippen molar-refractivity contribution in [1.82, 2.24) is 0 Å². The quantitative estimate of drug-likeness (QED) is 0.863. The van der Waals surface area contributed by atoms with Crippen LogP contribution in [0.1, 0.15) is 0 Å². The van der Waals surface area contributed by atoms with Crippen LogP contribution in [0.5, 0.6) is 0 Å². The van der Waals surface area contributed by atoms with Crippen molar-refractivity contribution in [2.24, 2.45) is 0 Å². The summed E-state index contributed by atoms with van der Waals surface area (Å²) < 4.78 is 0. The van der Waals surface area contributed by atoms with Crippen LogP contribution in [0.3, 0.4) is 0 Å². The Morgan fingerprint density at radius 1 is 1.16 bits per heavy atom. The highest BCUT2D eigenvalue weighted by Gasteiger charge is 2.19. The molecule has 2 aromatic rings. The molecule has 1 amide bonds. The second kappa shape index (κ2) is 4.59. The van der Waals surface area contributed by atoms with Crippen molar-refractivity contribution in [3.8, 4) is 11.1 Å². The zero-order valence-corrected chi connectivity index (χ0v) is 11.2. The minimum absolute atomic E-state index is 0.0190. The van der Waals surface area contributed by atoms with Gasteiger partial charge in [-0.1, -0.05) is 29.8 Å². The normalized spacial score (nSPS) is 14.0. The minimum atomic E-state index is 0.0190. The lowest BCUT2D eigenvalue weighted by molar-refractivity contribution is -0.115. The van der Waals surface area contributed by atoms with Crippen molar-refractivity contribution in [1.29, 1.82) is 0 Å². The van der Waals surface area contributed by atoms with E-state index < -0.39 is 0 Å². The van der Waals surface area contributed by atoms with E-state index in [4.69, 9.17) is 11.6 Å². The third kappa shape index (κ3) is 2.29. The molecular formula is C15H13ClN2O. The van der Waals surface area contributed by atoms with Crippen molar-refractivity contribution in [3.63, 3.8) is 0 Å². The van der Waals surface area contributed by atoms with Crippen LogP contribution < -0.4 is 10.2 Å². The second-order valence-corrected chi connectivity index (χ2v) is 5.08. The van der Waals surface area contributed by atoms with Gasteiger partial charge in [-0.25, -0.2) is 0 Å². The van der Waals surface area contributed by atoms with Gasteiger partial charge in [0.05, 0.1) is 17.9 Å². The molecule has 0 aromatic heterocycles. The van der Waals surface area contributed by atoms with Crippen LogP contribution in [0, 0.1) is 0 Å². The maximum absolute atomic E-state index is 11.5. The number of nitrogens with zero attached hydrogens (tertiary/aromatic N) is 1. The average molecular weight is 273 g/mol. The predicted molar refractivity (Wildman–Crippen MR) is 78.8 cm³/mol. The summed E-state index contributed by atoms with van der Waals surface area (Å²) in [6.45, 7) is 0.381. The van der Waals surface area contributed by atoms with E-state index in [0.717, 1.165) is 27.5 Å². The van der Waals surface area contributed by atoms with Gasteiger partial charge in [-0.05, 0) is 35.4 Å². The summed E-state index contributed by atoms with van der Waals surface area (Å²) >= 11 is 6.02. The molecule has 1 N–H and O–H groups in total. The minimum Gasteiger partial charge on any atom is -0.364 e. The van der Waals surface area contributed by atoms with Gasteiger partial charge in [0.25, 0.3) is 0 Å². The van der Waals surface area contributed by atoms with Crippen molar-refractivity contribution < 1.29 is 4.79 Å². The lowest BCUT2D eigenvalue weighted by Crippen LogP contribution is -2.35. The monoisotopic (exact) mass is 272 g/mol. The smallest absolute Gasteiger partial charge is 0.243 e. The number of halogens is 1. The Morgan fingerprint density at radius 2 is 1.95 bits per heavy atom. The SMILES string of the molecule is CN1CC(=O)Nc2ccc(-c3cccc(Cl)c3)cc21. The number of anilines is 2. The van der Waals surface area contributed by atoms with Gasteiger partial charge in [0.1, 0.15) is 0 Å². The summed E-state index contributed by atoms with van der Waals surface area (Å²) in [5.74, 6) is 0.0190. The molecule has 0 aliphatic carbocycles. The van der Waals surface area contributed by atoms with Crippen molar-refractivity contribution >= 4 is 28.9 Å². The van der Waals surface area contributed by atoms with Crippen LogP contribution in [-0.2, 0) is 4.79 Å². The summed E-state index contributed by atoms with van der Waals surface area (Å²) in [7, 11) is 1.92. The van der Waals surface area contributed by atoms with E-state index in [0.29, 0.717) is 6.54 Å². The standard InChI is InChI=1S/C15H13ClN2O/c1-18-9-15(19)17-13-6-5-11(8-14(13)18)10-3-2-4-12(16)7-10/h2-8H,9H2,1H3,(H,17,19). The lowest BCUT2D eigenvalue weighted by atomic mass is 10.0. The Balaban J connectivity index is 2.06. The topological polar surface area (TPSA) is 32.3 Å². The number of hydrogen-bond donors (Lipinski definition) is 1. The van der Waals surface area contributed by atoms with Gasteiger partial charge >= 0.3 is 0 Å². The molecular weight excluding hydrogens is 260 g/mol. The maximum atomic E-state index is 11.5. The highest BCUT2D eigenvalue weighted by Crippen LogP contribution is 2.33. The van der Waals surface area contributed by atoms with Crippen LogP contribution in [0.25, 0.3) is 11.1 Å². The number of fused-ring (bicyclic) bond motifs is 1. The molecule has 0 spiro atoms. The number of nitrogens with one attached hydrogen (secondary N) is 1. The molecule has 0 bridgehead atoms. The fraction of sp³-hybridized carbons (Fsp3) is 0.133. The lowest BCUT2D eigenvalue weighted by Gasteiger charge is -2.27. The molecule has 19 heavy (non-hydrogen) atoms. The number of amides is 1. The highest BCUT2D eigenvalue weighted by atomic mass is 35.5. The summed E-state index contributed by atoms with van der Waals surface area (Å²) in [6.07, 6.45) is 0. The first-order valence-corrected chi connectivity index (χ1v) is 6.42. The van der Waals surface area contributed by atoms with Gasteiger partial charge < -0.3 is 10.2 Å². The average Bonchev–Trinajstić information content (AvgIpc) is 2.38. The number of rotatable bonds is 1. The fourth-order valence-electron chi connectivity index (χ4n) is 2.29. The number of benzene rings is 2. The molecule has 3 rings (SSSR count). The summed E-state index contributed by atoms with van der Waals surface area (Å²) in [6, 6.07) is 13.7. The van der Waals surface area contributed by atoms with Crippen molar-refractivity contribution in [2.45, 2.75) is 0 Å². The van der Waals surface area contributed by atoms with E-state index in [1.54, 1.807) is 0 Å². The van der Waals surface area contributed by atoms with Crippen LogP contribution in [0.2, 0.25) is 5.02 Å². The highest BCUT2D eigenvalue weighted by molar-refractivity contribution is 6.30. The van der Waals surface area contributed by atoms with Crippen LogP contribution in [0.4, 0.5) is 11.4 Å². The zero-order chi connectivity index (χ0) is 13.4. The Bertz CT molecular complexity index is 654. The largest absolute Gasteiger partial charge is 0.364 e. The third-order valence-corrected chi connectivity index (χ3v) is 3.46. The van der Waals surface area contributed by atoms with E-state index in [1.165, 1.54) is 0 Å². The summed E-state index contributed by atoms with van der Waals surface area (Å²) in [5.41, 5.74) is 4.03. The Morgan fingerprint density at radius 3 is 2.74 bits per heavy atom. The van der Waals surface area contributed by atoms with E-state index in [9.17, 15) is 4.79 Å². The molecule has 4 heteroatoms. The molecule has 1 aliphatic heterocycles. The zero-order valence-electron chi connectivity index (χ0n) is 10.5. The van der Waals surface area contributed by atoms with E-state index in [-0.39, 0.29) is 5.91 Å². The van der Waals surface area contributed by atoms with E-state index in [2.05, 4.69) is 11.4 Å². The molecule has 0 radical (unpaired) electrons. The van der Waals surface area contributed by atoms with Gasteiger partial charge in [-0.15, -0.1) is 0 Å². The third-order valence-electron chi connectivity index (χ3n) is 3.22.